The average molecular weight is 332 g/mol. The molecule has 2 rings (SSSR count). The maximum atomic E-state index is 12.1. The van der Waals surface area contributed by atoms with E-state index in [4.69, 9.17) is 4.74 Å². The second-order valence-electron chi connectivity index (χ2n) is 5.54. The molecule has 0 radical (unpaired) electrons. The minimum Gasteiger partial charge on any atom is -0.491 e. The van der Waals surface area contributed by atoms with Gasteiger partial charge in [0.1, 0.15) is 11.6 Å². The van der Waals surface area contributed by atoms with Gasteiger partial charge >= 0.3 is 5.69 Å². The number of benzene rings is 1. The number of anilines is 1. The molecule has 0 bridgehead atoms. The molecule has 1 amide bonds. The topological polar surface area (TPSA) is 94.4 Å². The molecule has 128 valence electrons. The number of ether oxygens (including phenoxy) is 1. The van der Waals surface area contributed by atoms with Crippen molar-refractivity contribution in [3.63, 3.8) is 0 Å². The number of amides is 1. The van der Waals surface area contributed by atoms with Crippen LogP contribution in [0.4, 0.5) is 5.82 Å². The average Bonchev–Trinajstić information content (AvgIpc) is 2.55. The van der Waals surface area contributed by atoms with E-state index in [1.807, 2.05) is 13.8 Å². The molecule has 1 aromatic heterocycles. The van der Waals surface area contributed by atoms with Crippen molar-refractivity contribution in [3.05, 3.63) is 56.7 Å². The van der Waals surface area contributed by atoms with Crippen molar-refractivity contribution in [1.82, 2.24) is 14.6 Å². The van der Waals surface area contributed by atoms with E-state index < -0.39 is 17.2 Å². The molecule has 0 aliphatic carbocycles. The van der Waals surface area contributed by atoms with Gasteiger partial charge in [0.05, 0.1) is 6.10 Å². The largest absolute Gasteiger partial charge is 0.491 e. The van der Waals surface area contributed by atoms with Crippen LogP contribution in [0.2, 0.25) is 0 Å². The lowest BCUT2D eigenvalue weighted by atomic mass is 10.2. The summed E-state index contributed by atoms with van der Waals surface area (Å²) in [6.07, 6.45) is 0.0494. The minimum atomic E-state index is -0.491. The number of aromatic nitrogens is 2. The molecular formula is C16H20N4O4. The molecule has 1 aromatic carbocycles. The molecule has 0 saturated carbocycles. The van der Waals surface area contributed by atoms with Crippen molar-refractivity contribution < 1.29 is 9.53 Å². The zero-order valence-corrected chi connectivity index (χ0v) is 14.0. The highest BCUT2D eigenvalue weighted by atomic mass is 16.5. The first kappa shape index (κ1) is 17.3. The van der Waals surface area contributed by atoms with Gasteiger partial charge in [0, 0.05) is 25.7 Å². The molecular weight excluding hydrogens is 312 g/mol. The second kappa shape index (κ2) is 7.03. The highest BCUT2D eigenvalue weighted by Gasteiger charge is 2.09. The van der Waals surface area contributed by atoms with Gasteiger partial charge < -0.3 is 4.74 Å². The van der Waals surface area contributed by atoms with Crippen LogP contribution in [-0.4, -0.2) is 21.1 Å². The van der Waals surface area contributed by atoms with Gasteiger partial charge in [-0.1, -0.05) is 0 Å². The van der Waals surface area contributed by atoms with Crippen LogP contribution in [-0.2, 0) is 14.1 Å². The van der Waals surface area contributed by atoms with Crippen LogP contribution in [0.15, 0.2) is 39.9 Å². The Morgan fingerprint density at radius 1 is 1.08 bits per heavy atom. The molecule has 0 unspecified atom stereocenters. The van der Waals surface area contributed by atoms with Gasteiger partial charge in [0.25, 0.3) is 11.5 Å². The summed E-state index contributed by atoms with van der Waals surface area (Å²) < 4.78 is 7.71. The smallest absolute Gasteiger partial charge is 0.332 e. The number of hydrogen-bond acceptors (Lipinski definition) is 5. The van der Waals surface area contributed by atoms with E-state index in [9.17, 15) is 14.4 Å². The molecule has 2 aromatic rings. The molecule has 24 heavy (non-hydrogen) atoms. The Morgan fingerprint density at radius 2 is 1.71 bits per heavy atom. The number of hydrazine groups is 1. The van der Waals surface area contributed by atoms with E-state index in [-0.39, 0.29) is 11.9 Å². The van der Waals surface area contributed by atoms with E-state index in [1.165, 1.54) is 24.7 Å². The van der Waals surface area contributed by atoms with Crippen molar-refractivity contribution in [2.24, 2.45) is 14.1 Å². The fraction of sp³-hybridized carbons (Fsp3) is 0.312. The standard InChI is InChI=1S/C16H20N4O4/c1-10(2)24-12-7-5-11(6-8-12)15(22)18-17-13-9-14(21)20(4)16(23)19(13)3/h5-10,17H,1-4H3,(H,18,22). The number of rotatable bonds is 5. The van der Waals surface area contributed by atoms with Crippen LogP contribution >= 0.6 is 0 Å². The van der Waals surface area contributed by atoms with Crippen molar-refractivity contribution in [1.29, 1.82) is 0 Å². The predicted molar refractivity (Wildman–Crippen MR) is 90.2 cm³/mol. The molecule has 0 fully saturated rings. The number of nitrogens with zero attached hydrogens (tertiary/aromatic N) is 2. The Kier molecular flexibility index (Phi) is 5.08. The minimum absolute atomic E-state index is 0.0494. The van der Waals surface area contributed by atoms with Crippen LogP contribution in [0.1, 0.15) is 24.2 Å². The Bertz CT molecular complexity index is 850. The normalized spacial score (nSPS) is 10.5. The number of hydrogen-bond donors (Lipinski definition) is 2. The fourth-order valence-electron chi connectivity index (χ4n) is 2.00. The zero-order chi connectivity index (χ0) is 17.9. The number of carbonyl (C=O) groups excluding carboxylic acids is 1. The quantitative estimate of drug-likeness (QED) is 0.783. The number of carbonyl (C=O) groups is 1. The van der Waals surface area contributed by atoms with Gasteiger partial charge in [-0.3, -0.25) is 29.6 Å². The third kappa shape index (κ3) is 3.83. The van der Waals surface area contributed by atoms with Crippen molar-refractivity contribution in [3.8, 4) is 5.75 Å². The van der Waals surface area contributed by atoms with E-state index in [2.05, 4.69) is 10.9 Å². The summed E-state index contributed by atoms with van der Waals surface area (Å²) >= 11 is 0. The number of nitrogens with one attached hydrogen (secondary N) is 2. The maximum absolute atomic E-state index is 12.1. The van der Waals surface area contributed by atoms with E-state index in [0.29, 0.717) is 11.3 Å². The zero-order valence-electron chi connectivity index (χ0n) is 14.0. The van der Waals surface area contributed by atoms with E-state index >= 15 is 0 Å². The van der Waals surface area contributed by atoms with Gasteiger partial charge in [0.15, 0.2) is 0 Å². The molecule has 8 heteroatoms. The summed E-state index contributed by atoms with van der Waals surface area (Å²) in [6.45, 7) is 3.83. The van der Waals surface area contributed by atoms with Crippen LogP contribution in [0.5, 0.6) is 5.75 Å². The Labute approximate surface area is 138 Å². The second-order valence-corrected chi connectivity index (χ2v) is 5.54. The third-order valence-corrected chi connectivity index (χ3v) is 3.32. The summed E-state index contributed by atoms with van der Waals surface area (Å²) in [6, 6.07) is 7.86. The third-order valence-electron chi connectivity index (χ3n) is 3.32. The highest BCUT2D eigenvalue weighted by molar-refractivity contribution is 5.94. The van der Waals surface area contributed by atoms with Crippen LogP contribution < -0.4 is 26.8 Å². The lowest BCUT2D eigenvalue weighted by Gasteiger charge is -2.13. The summed E-state index contributed by atoms with van der Waals surface area (Å²) in [7, 11) is 2.88. The van der Waals surface area contributed by atoms with Crippen LogP contribution in [0.25, 0.3) is 0 Å². The van der Waals surface area contributed by atoms with Gasteiger partial charge in [-0.2, -0.15) is 0 Å². The summed E-state index contributed by atoms with van der Waals surface area (Å²) in [5, 5.41) is 0. The first-order valence-electron chi connectivity index (χ1n) is 7.39. The summed E-state index contributed by atoms with van der Waals surface area (Å²) in [5.74, 6) is 0.457. The SMILES string of the molecule is CC(C)Oc1ccc(C(=O)NNc2cc(=O)n(C)c(=O)n2C)cc1. The summed E-state index contributed by atoms with van der Waals surface area (Å²) in [5.41, 5.74) is 4.49. The van der Waals surface area contributed by atoms with Crippen LogP contribution in [0, 0.1) is 0 Å². The molecule has 0 spiro atoms. The maximum Gasteiger partial charge on any atom is 0.332 e. The Morgan fingerprint density at radius 3 is 2.29 bits per heavy atom. The van der Waals surface area contributed by atoms with Crippen molar-refractivity contribution >= 4 is 11.7 Å². The van der Waals surface area contributed by atoms with Crippen molar-refractivity contribution in [2.45, 2.75) is 20.0 Å². The van der Waals surface area contributed by atoms with Gasteiger partial charge in [-0.05, 0) is 38.1 Å². The van der Waals surface area contributed by atoms with Gasteiger partial charge in [-0.15, -0.1) is 0 Å². The molecule has 1 heterocycles. The lowest BCUT2D eigenvalue weighted by Crippen LogP contribution is -2.40. The predicted octanol–water partition coefficient (Wildman–Crippen LogP) is 0.628. The van der Waals surface area contributed by atoms with E-state index in [1.54, 1.807) is 24.3 Å². The first-order valence-corrected chi connectivity index (χ1v) is 7.39. The monoisotopic (exact) mass is 332 g/mol. The van der Waals surface area contributed by atoms with Crippen LogP contribution in [0.3, 0.4) is 0 Å². The highest BCUT2D eigenvalue weighted by Crippen LogP contribution is 2.13. The first-order chi connectivity index (χ1) is 11.3. The Hall–Kier alpha value is -3.03. The molecule has 0 saturated heterocycles. The fourth-order valence-corrected chi connectivity index (χ4v) is 2.00. The molecule has 0 atom stereocenters. The van der Waals surface area contributed by atoms with Gasteiger partial charge in [-0.25, -0.2) is 4.79 Å². The molecule has 0 aliphatic heterocycles. The van der Waals surface area contributed by atoms with Gasteiger partial charge in [0.2, 0.25) is 0 Å². The molecule has 2 N–H and O–H groups in total. The van der Waals surface area contributed by atoms with E-state index in [0.717, 1.165) is 4.57 Å². The molecule has 0 aliphatic rings. The lowest BCUT2D eigenvalue weighted by molar-refractivity contribution is 0.0962. The Balaban J connectivity index is 2.09. The summed E-state index contributed by atoms with van der Waals surface area (Å²) in [4.78, 5) is 35.6. The molecule has 8 nitrogen and oxygen atoms in total. The van der Waals surface area contributed by atoms with Crippen molar-refractivity contribution in [2.75, 3.05) is 5.43 Å².